The van der Waals surface area contributed by atoms with Crippen molar-refractivity contribution >= 4 is 5.91 Å². The van der Waals surface area contributed by atoms with Crippen LogP contribution in [0.1, 0.15) is 32.6 Å². The maximum Gasteiger partial charge on any atom is 0.234 e. The largest absolute Gasteiger partial charge is 0.393 e. The molecule has 0 aliphatic heterocycles. The Hall–Kier alpha value is -0.610. The monoisotopic (exact) mass is 214 g/mol. The van der Waals surface area contributed by atoms with E-state index in [2.05, 4.69) is 5.32 Å². The van der Waals surface area contributed by atoms with E-state index in [1.165, 1.54) is 0 Å². The molecule has 15 heavy (non-hydrogen) atoms. The van der Waals surface area contributed by atoms with E-state index in [1.807, 2.05) is 18.9 Å². The van der Waals surface area contributed by atoms with E-state index < -0.39 is 0 Å². The molecule has 0 spiro atoms. The van der Waals surface area contributed by atoms with Gasteiger partial charge in [-0.2, -0.15) is 0 Å². The van der Waals surface area contributed by atoms with Crippen molar-refractivity contribution in [1.29, 1.82) is 0 Å². The zero-order valence-electron chi connectivity index (χ0n) is 9.70. The summed E-state index contributed by atoms with van der Waals surface area (Å²) in [4.78, 5) is 13.5. The fraction of sp³-hybridized carbons (Fsp3) is 0.909. The molecule has 0 aromatic heterocycles. The van der Waals surface area contributed by atoms with E-state index in [9.17, 15) is 9.90 Å². The van der Waals surface area contributed by atoms with Gasteiger partial charge in [-0.1, -0.05) is 6.92 Å². The van der Waals surface area contributed by atoms with Crippen LogP contribution in [0.25, 0.3) is 0 Å². The van der Waals surface area contributed by atoms with Crippen molar-refractivity contribution in [3.63, 3.8) is 0 Å². The second kappa shape index (κ2) is 6.08. The van der Waals surface area contributed by atoms with Gasteiger partial charge in [0.25, 0.3) is 0 Å². The minimum absolute atomic E-state index is 0.0979. The number of hydrogen-bond acceptors (Lipinski definition) is 3. The third-order valence-electron chi connectivity index (χ3n) is 3.02. The van der Waals surface area contributed by atoms with E-state index in [4.69, 9.17) is 0 Å². The van der Waals surface area contributed by atoms with Gasteiger partial charge in [-0.15, -0.1) is 0 Å². The van der Waals surface area contributed by atoms with Gasteiger partial charge in [-0.3, -0.25) is 9.69 Å². The zero-order valence-corrected chi connectivity index (χ0v) is 9.70. The van der Waals surface area contributed by atoms with Crippen LogP contribution >= 0.6 is 0 Å². The Kier molecular flexibility index (Phi) is 5.05. The lowest BCUT2D eigenvalue weighted by Gasteiger charge is -2.26. The molecule has 0 aromatic carbocycles. The van der Waals surface area contributed by atoms with Crippen LogP contribution in [-0.4, -0.2) is 48.2 Å². The molecule has 0 saturated heterocycles. The van der Waals surface area contributed by atoms with Gasteiger partial charge in [0.1, 0.15) is 0 Å². The van der Waals surface area contributed by atoms with Crippen molar-refractivity contribution in [2.45, 2.75) is 44.8 Å². The predicted molar refractivity (Wildman–Crippen MR) is 59.6 cm³/mol. The van der Waals surface area contributed by atoms with E-state index in [1.54, 1.807) is 0 Å². The summed E-state index contributed by atoms with van der Waals surface area (Å²) in [5.74, 6) is 0.0979. The average molecular weight is 214 g/mol. The first-order valence-corrected chi connectivity index (χ1v) is 5.77. The molecule has 0 bridgehead atoms. The third-order valence-corrected chi connectivity index (χ3v) is 3.02. The van der Waals surface area contributed by atoms with E-state index in [0.717, 1.165) is 32.2 Å². The van der Waals surface area contributed by atoms with Crippen molar-refractivity contribution in [1.82, 2.24) is 10.2 Å². The number of aliphatic hydroxyl groups is 1. The molecule has 4 nitrogen and oxygen atoms in total. The SMILES string of the molecule is CCN(C)CC(=O)NC1CCC(O)CC1. The molecule has 1 amide bonds. The van der Waals surface area contributed by atoms with Crippen LogP contribution in [0.5, 0.6) is 0 Å². The van der Waals surface area contributed by atoms with Crippen LogP contribution in [0.3, 0.4) is 0 Å². The van der Waals surface area contributed by atoms with Gasteiger partial charge in [0.15, 0.2) is 0 Å². The van der Waals surface area contributed by atoms with Crippen molar-refractivity contribution in [2.75, 3.05) is 20.1 Å². The number of hydrogen-bond donors (Lipinski definition) is 2. The van der Waals surface area contributed by atoms with Crippen LogP contribution in [-0.2, 0) is 4.79 Å². The summed E-state index contributed by atoms with van der Waals surface area (Å²) in [6, 6.07) is 0.270. The van der Waals surface area contributed by atoms with Crippen molar-refractivity contribution in [2.24, 2.45) is 0 Å². The van der Waals surface area contributed by atoms with Crippen LogP contribution in [0.4, 0.5) is 0 Å². The summed E-state index contributed by atoms with van der Waals surface area (Å²) in [5.41, 5.74) is 0. The number of carbonyl (C=O) groups excluding carboxylic acids is 1. The molecule has 0 unspecified atom stereocenters. The second-order valence-electron chi connectivity index (χ2n) is 4.40. The standard InChI is InChI=1S/C11H22N2O2/c1-3-13(2)8-11(15)12-9-4-6-10(14)7-5-9/h9-10,14H,3-8H2,1-2H3,(H,12,15). The highest BCUT2D eigenvalue weighted by Gasteiger charge is 2.20. The summed E-state index contributed by atoms with van der Waals surface area (Å²) < 4.78 is 0. The summed E-state index contributed by atoms with van der Waals surface area (Å²) in [6.07, 6.45) is 3.28. The lowest BCUT2D eigenvalue weighted by molar-refractivity contribution is -0.123. The minimum Gasteiger partial charge on any atom is -0.393 e. The Balaban J connectivity index is 2.20. The maximum absolute atomic E-state index is 11.5. The number of nitrogens with one attached hydrogen (secondary N) is 1. The van der Waals surface area contributed by atoms with E-state index in [-0.39, 0.29) is 18.1 Å². The van der Waals surface area contributed by atoms with Gasteiger partial charge in [-0.05, 0) is 39.3 Å². The summed E-state index contributed by atoms with van der Waals surface area (Å²) in [6.45, 7) is 3.39. The highest BCUT2D eigenvalue weighted by atomic mass is 16.3. The minimum atomic E-state index is -0.156. The molecule has 1 fully saturated rings. The Morgan fingerprint density at radius 3 is 2.53 bits per heavy atom. The quantitative estimate of drug-likeness (QED) is 0.710. The molecule has 88 valence electrons. The fourth-order valence-electron chi connectivity index (χ4n) is 1.85. The smallest absolute Gasteiger partial charge is 0.234 e. The zero-order chi connectivity index (χ0) is 11.3. The molecule has 0 aromatic rings. The number of nitrogens with zero attached hydrogens (tertiary/aromatic N) is 1. The van der Waals surface area contributed by atoms with Gasteiger partial charge in [-0.25, -0.2) is 0 Å². The molecule has 1 rings (SSSR count). The molecule has 1 aliphatic carbocycles. The molecule has 1 saturated carbocycles. The molecule has 0 radical (unpaired) electrons. The Labute approximate surface area is 91.6 Å². The Morgan fingerprint density at radius 2 is 2.00 bits per heavy atom. The molecular weight excluding hydrogens is 192 g/mol. The van der Waals surface area contributed by atoms with Crippen LogP contribution < -0.4 is 5.32 Å². The predicted octanol–water partition coefficient (Wildman–Crippen LogP) is 0.358. The molecule has 0 atom stereocenters. The van der Waals surface area contributed by atoms with E-state index in [0.29, 0.717) is 6.54 Å². The number of amides is 1. The van der Waals surface area contributed by atoms with Crippen LogP contribution in [0.15, 0.2) is 0 Å². The first-order chi connectivity index (χ1) is 7.11. The fourth-order valence-corrected chi connectivity index (χ4v) is 1.85. The average Bonchev–Trinajstić information content (AvgIpc) is 2.21. The van der Waals surface area contributed by atoms with Gasteiger partial charge < -0.3 is 10.4 Å². The molecule has 2 N–H and O–H groups in total. The maximum atomic E-state index is 11.5. The van der Waals surface area contributed by atoms with E-state index >= 15 is 0 Å². The normalized spacial score (nSPS) is 26.7. The lowest BCUT2D eigenvalue weighted by atomic mass is 9.93. The van der Waals surface area contributed by atoms with Crippen LogP contribution in [0.2, 0.25) is 0 Å². The molecule has 1 aliphatic rings. The highest BCUT2D eigenvalue weighted by molar-refractivity contribution is 5.78. The lowest BCUT2D eigenvalue weighted by Crippen LogP contribution is -2.43. The Morgan fingerprint density at radius 1 is 1.40 bits per heavy atom. The highest BCUT2D eigenvalue weighted by Crippen LogP contribution is 2.18. The number of carbonyl (C=O) groups is 1. The van der Waals surface area contributed by atoms with Gasteiger partial charge in [0.05, 0.1) is 12.6 Å². The van der Waals surface area contributed by atoms with Crippen molar-refractivity contribution in [3.8, 4) is 0 Å². The van der Waals surface area contributed by atoms with Crippen molar-refractivity contribution < 1.29 is 9.90 Å². The third kappa shape index (κ3) is 4.62. The first-order valence-electron chi connectivity index (χ1n) is 5.77. The van der Waals surface area contributed by atoms with Gasteiger partial charge in [0.2, 0.25) is 5.91 Å². The number of likely N-dealkylation sites (N-methyl/N-ethyl adjacent to an activating group) is 1. The molecule has 4 heteroatoms. The van der Waals surface area contributed by atoms with Crippen LogP contribution in [0, 0.1) is 0 Å². The second-order valence-corrected chi connectivity index (χ2v) is 4.40. The molecule has 0 heterocycles. The first kappa shape index (κ1) is 12.5. The van der Waals surface area contributed by atoms with Gasteiger partial charge in [0, 0.05) is 6.04 Å². The Bertz CT molecular complexity index is 201. The number of aliphatic hydroxyl groups excluding tert-OH is 1. The summed E-state index contributed by atoms with van der Waals surface area (Å²) in [5, 5.41) is 12.3. The molecular formula is C11H22N2O2. The van der Waals surface area contributed by atoms with Crippen molar-refractivity contribution in [3.05, 3.63) is 0 Å². The number of rotatable bonds is 4. The topological polar surface area (TPSA) is 52.6 Å². The summed E-state index contributed by atoms with van der Waals surface area (Å²) in [7, 11) is 1.93. The van der Waals surface area contributed by atoms with Gasteiger partial charge >= 0.3 is 0 Å². The summed E-state index contributed by atoms with van der Waals surface area (Å²) >= 11 is 0.